The van der Waals surface area contributed by atoms with Crippen molar-refractivity contribution < 1.29 is 4.39 Å². The third-order valence-electron chi connectivity index (χ3n) is 3.85. The number of hydrogen-bond acceptors (Lipinski definition) is 2. The number of likely N-dealkylation sites (tertiary alicyclic amines) is 1. The van der Waals surface area contributed by atoms with E-state index in [1.54, 1.807) is 12.1 Å². The summed E-state index contributed by atoms with van der Waals surface area (Å²) in [6.07, 6.45) is 3.35. The molecule has 0 amide bonds. The lowest BCUT2D eigenvalue weighted by Crippen LogP contribution is -2.32. The van der Waals surface area contributed by atoms with Gasteiger partial charge in [-0.2, -0.15) is 0 Å². The Hall–Kier alpha value is -0.510. The Morgan fingerprint density at radius 1 is 1.20 bits per heavy atom. The van der Waals surface area contributed by atoms with Crippen LogP contribution in [-0.2, 0) is 0 Å². The molecule has 1 atom stereocenters. The van der Waals surface area contributed by atoms with Gasteiger partial charge in [0, 0.05) is 24.3 Å². The van der Waals surface area contributed by atoms with E-state index in [0.717, 1.165) is 31.6 Å². The zero-order chi connectivity index (χ0) is 14.7. The van der Waals surface area contributed by atoms with E-state index in [4.69, 9.17) is 23.2 Å². The lowest BCUT2D eigenvalue weighted by atomic mass is 10.1. The normalized spacial score (nSPS) is 21.0. The highest BCUT2D eigenvalue weighted by molar-refractivity contribution is 6.35. The maximum Gasteiger partial charge on any atom is 0.160 e. The van der Waals surface area contributed by atoms with E-state index in [9.17, 15) is 4.39 Å². The number of halogens is 3. The average molecular weight is 319 g/mol. The molecular formula is C15H21Cl2FN2. The molecule has 1 saturated heterocycles. The van der Waals surface area contributed by atoms with Crippen LogP contribution in [0.5, 0.6) is 0 Å². The number of benzene rings is 1. The van der Waals surface area contributed by atoms with Gasteiger partial charge in [-0.1, -0.05) is 23.2 Å². The quantitative estimate of drug-likeness (QED) is 0.805. The summed E-state index contributed by atoms with van der Waals surface area (Å²) < 4.78 is 13.4. The van der Waals surface area contributed by atoms with Gasteiger partial charge in [-0.25, -0.2) is 4.39 Å². The zero-order valence-electron chi connectivity index (χ0n) is 11.9. The topological polar surface area (TPSA) is 15.3 Å². The highest BCUT2D eigenvalue weighted by Gasteiger charge is 2.19. The molecule has 5 heteroatoms. The molecule has 112 valence electrons. The molecule has 1 aliphatic rings. The Labute approximate surface area is 130 Å². The largest absolute Gasteiger partial charge is 0.382 e. The molecule has 0 saturated carbocycles. The number of hydrogen-bond donors (Lipinski definition) is 1. The molecule has 1 aliphatic heterocycles. The summed E-state index contributed by atoms with van der Waals surface area (Å²) in [7, 11) is 0. The van der Waals surface area contributed by atoms with Gasteiger partial charge in [0.25, 0.3) is 0 Å². The Bertz CT molecular complexity index is 442. The fraction of sp³-hybridized carbons (Fsp3) is 0.600. The average Bonchev–Trinajstić information content (AvgIpc) is 2.61. The first-order valence-corrected chi connectivity index (χ1v) is 7.88. The van der Waals surface area contributed by atoms with Crippen molar-refractivity contribution >= 4 is 28.9 Å². The van der Waals surface area contributed by atoms with Crippen LogP contribution in [-0.4, -0.2) is 30.1 Å². The smallest absolute Gasteiger partial charge is 0.160 e. The molecule has 0 bridgehead atoms. The summed E-state index contributed by atoms with van der Waals surface area (Å²) in [5, 5.41) is 3.56. The van der Waals surface area contributed by atoms with Gasteiger partial charge in [-0.3, -0.25) is 0 Å². The highest BCUT2D eigenvalue weighted by Crippen LogP contribution is 2.28. The maximum absolute atomic E-state index is 13.4. The molecule has 1 heterocycles. The molecule has 1 aromatic rings. The van der Waals surface area contributed by atoms with Gasteiger partial charge in [0.15, 0.2) is 5.82 Å². The SMILES string of the molecule is CC(C)N1CCCC(Nc2cc(Cl)c(F)c(Cl)c2)CC1. The van der Waals surface area contributed by atoms with Crippen LogP contribution in [0.2, 0.25) is 10.0 Å². The molecule has 0 radical (unpaired) electrons. The minimum Gasteiger partial charge on any atom is -0.382 e. The van der Waals surface area contributed by atoms with Gasteiger partial charge in [-0.15, -0.1) is 0 Å². The maximum atomic E-state index is 13.4. The molecule has 20 heavy (non-hydrogen) atoms. The standard InChI is InChI=1S/C15H21Cl2FN2/c1-10(2)20-6-3-4-11(5-7-20)19-12-8-13(16)15(18)14(17)9-12/h8-11,19H,3-7H2,1-2H3. The second-order valence-electron chi connectivity index (χ2n) is 5.66. The van der Waals surface area contributed by atoms with Crippen molar-refractivity contribution in [2.75, 3.05) is 18.4 Å². The van der Waals surface area contributed by atoms with E-state index in [1.807, 2.05) is 0 Å². The Kier molecular flexibility index (Phi) is 5.53. The van der Waals surface area contributed by atoms with Crippen LogP contribution in [0.4, 0.5) is 10.1 Å². The van der Waals surface area contributed by atoms with Crippen molar-refractivity contribution in [1.29, 1.82) is 0 Å². The molecular weight excluding hydrogens is 298 g/mol. The lowest BCUT2D eigenvalue weighted by Gasteiger charge is -2.24. The van der Waals surface area contributed by atoms with Crippen molar-refractivity contribution in [3.63, 3.8) is 0 Å². The van der Waals surface area contributed by atoms with Gasteiger partial charge in [0.1, 0.15) is 0 Å². The van der Waals surface area contributed by atoms with Crippen LogP contribution < -0.4 is 5.32 Å². The minimum atomic E-state index is -0.550. The molecule has 1 unspecified atom stereocenters. The van der Waals surface area contributed by atoms with Crippen LogP contribution in [0.15, 0.2) is 12.1 Å². The number of rotatable bonds is 3. The first-order valence-electron chi connectivity index (χ1n) is 7.12. The van der Waals surface area contributed by atoms with Crippen LogP contribution in [0, 0.1) is 5.82 Å². The number of anilines is 1. The third-order valence-corrected chi connectivity index (χ3v) is 4.40. The van der Waals surface area contributed by atoms with Crippen molar-refractivity contribution in [2.45, 2.75) is 45.2 Å². The summed E-state index contributed by atoms with van der Waals surface area (Å²) in [5.41, 5.74) is 0.796. The van der Waals surface area contributed by atoms with Crippen molar-refractivity contribution in [3.8, 4) is 0 Å². The van der Waals surface area contributed by atoms with Gasteiger partial charge < -0.3 is 10.2 Å². The van der Waals surface area contributed by atoms with E-state index >= 15 is 0 Å². The molecule has 1 aromatic carbocycles. The second-order valence-corrected chi connectivity index (χ2v) is 6.47. The summed E-state index contributed by atoms with van der Waals surface area (Å²) in [5.74, 6) is -0.550. The fourth-order valence-corrected chi connectivity index (χ4v) is 3.14. The third kappa shape index (κ3) is 4.00. The predicted molar refractivity (Wildman–Crippen MR) is 84.4 cm³/mol. The number of nitrogens with one attached hydrogen (secondary N) is 1. The van der Waals surface area contributed by atoms with E-state index in [2.05, 4.69) is 24.1 Å². The van der Waals surface area contributed by atoms with Crippen molar-refractivity contribution in [1.82, 2.24) is 4.90 Å². The highest BCUT2D eigenvalue weighted by atomic mass is 35.5. The number of nitrogens with zero attached hydrogens (tertiary/aromatic N) is 1. The molecule has 2 rings (SSSR count). The Morgan fingerprint density at radius 3 is 2.45 bits per heavy atom. The van der Waals surface area contributed by atoms with Crippen molar-refractivity contribution in [3.05, 3.63) is 28.0 Å². The molecule has 0 spiro atoms. The van der Waals surface area contributed by atoms with Crippen LogP contribution in [0.25, 0.3) is 0 Å². The zero-order valence-corrected chi connectivity index (χ0v) is 13.4. The van der Waals surface area contributed by atoms with Gasteiger partial charge in [0.05, 0.1) is 10.0 Å². The van der Waals surface area contributed by atoms with Crippen LogP contribution in [0.3, 0.4) is 0 Å². The Balaban J connectivity index is 2.00. The molecule has 1 fully saturated rings. The lowest BCUT2D eigenvalue weighted by molar-refractivity contribution is 0.230. The molecule has 0 aliphatic carbocycles. The van der Waals surface area contributed by atoms with Crippen molar-refractivity contribution in [2.24, 2.45) is 0 Å². The minimum absolute atomic E-state index is 0.0671. The fourth-order valence-electron chi connectivity index (χ4n) is 2.65. The second kappa shape index (κ2) is 6.97. The molecule has 1 N–H and O–H groups in total. The Morgan fingerprint density at radius 2 is 1.85 bits per heavy atom. The van der Waals surface area contributed by atoms with Gasteiger partial charge in [0.2, 0.25) is 0 Å². The molecule has 2 nitrogen and oxygen atoms in total. The van der Waals surface area contributed by atoms with Gasteiger partial charge in [-0.05, 0) is 51.8 Å². The van der Waals surface area contributed by atoms with E-state index in [-0.39, 0.29) is 10.0 Å². The molecule has 0 aromatic heterocycles. The van der Waals surface area contributed by atoms with E-state index < -0.39 is 5.82 Å². The summed E-state index contributed by atoms with van der Waals surface area (Å²) >= 11 is 11.7. The summed E-state index contributed by atoms with van der Waals surface area (Å²) in [6.45, 7) is 6.68. The predicted octanol–water partition coefficient (Wildman–Crippen LogP) is 4.81. The van der Waals surface area contributed by atoms with Gasteiger partial charge >= 0.3 is 0 Å². The van der Waals surface area contributed by atoms with Crippen LogP contribution >= 0.6 is 23.2 Å². The first-order chi connectivity index (χ1) is 9.47. The monoisotopic (exact) mass is 318 g/mol. The van der Waals surface area contributed by atoms with Crippen LogP contribution in [0.1, 0.15) is 33.1 Å². The first kappa shape index (κ1) is 15.9. The van der Waals surface area contributed by atoms with E-state index in [0.29, 0.717) is 12.1 Å². The summed E-state index contributed by atoms with van der Waals surface area (Å²) in [6, 6.07) is 4.18. The van der Waals surface area contributed by atoms with E-state index in [1.165, 1.54) is 6.42 Å². The summed E-state index contributed by atoms with van der Waals surface area (Å²) in [4.78, 5) is 2.49.